The predicted octanol–water partition coefficient (Wildman–Crippen LogP) is 4.37. The molecule has 32 heavy (non-hydrogen) atoms. The van der Waals surface area contributed by atoms with E-state index in [1.807, 2.05) is 0 Å². The summed E-state index contributed by atoms with van der Waals surface area (Å²) in [6, 6.07) is 12.8. The van der Waals surface area contributed by atoms with E-state index in [0.717, 1.165) is 17.8 Å². The number of amides is 2. The van der Waals surface area contributed by atoms with Crippen molar-refractivity contribution in [3.05, 3.63) is 69.4 Å². The van der Waals surface area contributed by atoms with Gasteiger partial charge in [-0.2, -0.15) is 0 Å². The summed E-state index contributed by atoms with van der Waals surface area (Å²) in [6.45, 7) is 1.11. The molecule has 0 spiro atoms. The molecule has 4 rings (SSSR count). The van der Waals surface area contributed by atoms with Gasteiger partial charge in [-0.15, -0.1) is 10.2 Å². The minimum atomic E-state index is -0.511. The molecule has 0 atom stereocenters. The van der Waals surface area contributed by atoms with E-state index in [4.69, 9.17) is 16.3 Å². The maximum Gasteiger partial charge on any atom is 0.286 e. The summed E-state index contributed by atoms with van der Waals surface area (Å²) in [6.07, 6.45) is 1.44. The Morgan fingerprint density at radius 3 is 2.56 bits per heavy atom. The molecule has 166 valence electrons. The fourth-order valence-electron chi connectivity index (χ4n) is 3.37. The van der Waals surface area contributed by atoms with Crippen LogP contribution >= 0.6 is 22.9 Å². The van der Waals surface area contributed by atoms with Gasteiger partial charge in [-0.1, -0.05) is 35.1 Å². The van der Waals surface area contributed by atoms with Gasteiger partial charge in [-0.25, -0.2) is 4.39 Å². The molecule has 10 heteroatoms. The molecular weight excluding hydrogens is 455 g/mol. The summed E-state index contributed by atoms with van der Waals surface area (Å²) >= 11 is 7.04. The number of rotatable bonds is 6. The fourth-order valence-corrected chi connectivity index (χ4v) is 4.41. The van der Waals surface area contributed by atoms with Gasteiger partial charge in [-0.3, -0.25) is 9.59 Å². The largest absolute Gasteiger partial charge is 0.484 e. The number of carbonyl (C=O) groups is 2. The Kier molecular flexibility index (Phi) is 6.96. The van der Waals surface area contributed by atoms with E-state index < -0.39 is 11.7 Å². The molecule has 0 aliphatic carbocycles. The number of carbonyl (C=O) groups excluding carboxylic acids is 2. The molecule has 0 radical (unpaired) electrons. The lowest BCUT2D eigenvalue weighted by molar-refractivity contribution is -0.134. The van der Waals surface area contributed by atoms with Crippen molar-refractivity contribution in [3.63, 3.8) is 0 Å². The zero-order valence-corrected chi connectivity index (χ0v) is 18.5. The normalized spacial score (nSPS) is 14.2. The maximum atomic E-state index is 13.7. The van der Waals surface area contributed by atoms with Crippen molar-refractivity contribution in [1.82, 2.24) is 15.1 Å². The predicted molar refractivity (Wildman–Crippen MR) is 120 cm³/mol. The summed E-state index contributed by atoms with van der Waals surface area (Å²) < 4.78 is 19.3. The summed E-state index contributed by atoms with van der Waals surface area (Å²) in [5.74, 6) is -0.384. The van der Waals surface area contributed by atoms with Gasteiger partial charge in [0.2, 0.25) is 5.01 Å². The molecule has 1 fully saturated rings. The van der Waals surface area contributed by atoms with Gasteiger partial charge in [0.05, 0.1) is 5.69 Å². The van der Waals surface area contributed by atoms with E-state index in [2.05, 4.69) is 15.5 Å². The Morgan fingerprint density at radius 2 is 1.84 bits per heavy atom. The summed E-state index contributed by atoms with van der Waals surface area (Å²) in [5.41, 5.74) is 0.0990. The monoisotopic (exact) mass is 474 g/mol. The van der Waals surface area contributed by atoms with E-state index in [-0.39, 0.29) is 29.1 Å². The smallest absolute Gasteiger partial charge is 0.286 e. The van der Waals surface area contributed by atoms with E-state index in [1.54, 1.807) is 41.3 Å². The molecule has 1 aliphatic heterocycles. The van der Waals surface area contributed by atoms with Crippen LogP contribution in [-0.2, 0) is 4.79 Å². The number of likely N-dealkylation sites (tertiary alicyclic amines) is 1. The number of halogens is 2. The van der Waals surface area contributed by atoms with Crippen LogP contribution < -0.4 is 10.1 Å². The SMILES string of the molecule is O=C(Nc1ccccc1F)c1nnc(C2CCN(C(=O)COc3ccc(Cl)cc3)CC2)s1. The third-order valence-corrected chi connectivity index (χ3v) is 6.47. The Hall–Kier alpha value is -3.04. The van der Waals surface area contributed by atoms with Crippen molar-refractivity contribution in [2.45, 2.75) is 18.8 Å². The Balaban J connectivity index is 1.27. The molecule has 7 nitrogen and oxygen atoms in total. The zero-order chi connectivity index (χ0) is 22.5. The highest BCUT2D eigenvalue weighted by molar-refractivity contribution is 7.13. The van der Waals surface area contributed by atoms with Gasteiger partial charge in [0, 0.05) is 24.0 Å². The van der Waals surface area contributed by atoms with E-state index in [1.165, 1.54) is 23.5 Å². The second-order valence-corrected chi connectivity index (χ2v) is 8.72. The number of benzene rings is 2. The second-order valence-electron chi connectivity index (χ2n) is 7.28. The van der Waals surface area contributed by atoms with Gasteiger partial charge < -0.3 is 15.0 Å². The zero-order valence-electron chi connectivity index (χ0n) is 17.0. The number of hydrogen-bond acceptors (Lipinski definition) is 6. The van der Waals surface area contributed by atoms with Crippen LogP contribution in [0.1, 0.15) is 33.6 Å². The quantitative estimate of drug-likeness (QED) is 0.573. The van der Waals surface area contributed by atoms with Gasteiger partial charge in [0.25, 0.3) is 11.8 Å². The van der Waals surface area contributed by atoms with Crippen molar-refractivity contribution in [2.24, 2.45) is 0 Å². The Morgan fingerprint density at radius 1 is 1.12 bits per heavy atom. The molecule has 2 aromatic carbocycles. The van der Waals surface area contributed by atoms with Gasteiger partial charge in [0.15, 0.2) is 6.61 Å². The number of para-hydroxylation sites is 1. The summed E-state index contributed by atoms with van der Waals surface area (Å²) in [7, 11) is 0. The number of ether oxygens (including phenoxy) is 1. The van der Waals surface area contributed by atoms with Gasteiger partial charge in [0.1, 0.15) is 16.6 Å². The second kappa shape index (κ2) is 10.1. The van der Waals surface area contributed by atoms with Crippen LogP contribution in [0.5, 0.6) is 5.75 Å². The third-order valence-electron chi connectivity index (χ3n) is 5.13. The first-order chi connectivity index (χ1) is 15.5. The molecule has 2 amide bonds. The third kappa shape index (κ3) is 5.41. The standard InChI is InChI=1S/C22H20ClFN4O3S/c23-15-5-7-16(8-6-15)31-13-19(29)28-11-9-14(10-12-28)21-26-27-22(32-21)20(30)25-18-4-2-1-3-17(18)24/h1-8,14H,9-13H2,(H,25,30). The first-order valence-electron chi connectivity index (χ1n) is 10.0. The van der Waals surface area contributed by atoms with Crippen LogP contribution in [0.2, 0.25) is 5.02 Å². The lowest BCUT2D eigenvalue weighted by Gasteiger charge is -2.30. The number of anilines is 1. The highest BCUT2D eigenvalue weighted by Gasteiger charge is 2.27. The van der Waals surface area contributed by atoms with Crippen LogP contribution in [0.25, 0.3) is 0 Å². The molecule has 0 bridgehead atoms. The first-order valence-corrected chi connectivity index (χ1v) is 11.2. The topological polar surface area (TPSA) is 84.4 Å². The summed E-state index contributed by atoms with van der Waals surface area (Å²) in [4.78, 5) is 26.6. The minimum Gasteiger partial charge on any atom is -0.484 e. The lowest BCUT2D eigenvalue weighted by Crippen LogP contribution is -2.40. The van der Waals surface area contributed by atoms with E-state index in [0.29, 0.717) is 23.9 Å². The fraction of sp³-hybridized carbons (Fsp3) is 0.273. The van der Waals surface area contributed by atoms with Crippen molar-refractivity contribution in [3.8, 4) is 5.75 Å². The molecule has 3 aromatic rings. The molecule has 1 saturated heterocycles. The van der Waals surface area contributed by atoms with Crippen LogP contribution in [0.15, 0.2) is 48.5 Å². The Labute approximate surface area is 193 Å². The highest BCUT2D eigenvalue weighted by atomic mass is 35.5. The maximum absolute atomic E-state index is 13.7. The molecule has 1 aliphatic rings. The Bertz CT molecular complexity index is 1100. The number of nitrogens with zero attached hydrogens (tertiary/aromatic N) is 3. The first kappa shape index (κ1) is 22.2. The lowest BCUT2D eigenvalue weighted by atomic mass is 9.98. The van der Waals surface area contributed by atoms with Gasteiger partial charge in [-0.05, 0) is 49.2 Å². The molecule has 2 heterocycles. The molecule has 0 saturated carbocycles. The van der Waals surface area contributed by atoms with Crippen molar-refractivity contribution in [2.75, 3.05) is 25.0 Å². The van der Waals surface area contributed by atoms with Crippen molar-refractivity contribution < 1.29 is 18.7 Å². The summed E-state index contributed by atoms with van der Waals surface area (Å²) in [5, 5.41) is 12.2. The number of aromatic nitrogens is 2. The highest BCUT2D eigenvalue weighted by Crippen LogP contribution is 2.30. The average Bonchev–Trinajstić information content (AvgIpc) is 3.31. The van der Waals surface area contributed by atoms with Crippen molar-refractivity contribution in [1.29, 1.82) is 0 Å². The van der Waals surface area contributed by atoms with E-state index >= 15 is 0 Å². The number of hydrogen-bond donors (Lipinski definition) is 1. The molecule has 0 unspecified atom stereocenters. The van der Waals surface area contributed by atoms with Crippen molar-refractivity contribution >= 4 is 40.4 Å². The van der Waals surface area contributed by atoms with Crippen LogP contribution in [0, 0.1) is 5.82 Å². The molecular formula is C22H20ClFN4O3S. The average molecular weight is 475 g/mol. The minimum absolute atomic E-state index is 0.0362. The molecule has 1 N–H and O–H groups in total. The van der Waals surface area contributed by atoms with Gasteiger partial charge >= 0.3 is 0 Å². The number of nitrogens with one attached hydrogen (secondary N) is 1. The van der Waals surface area contributed by atoms with Crippen LogP contribution in [0.3, 0.4) is 0 Å². The number of piperidine rings is 1. The van der Waals surface area contributed by atoms with Crippen LogP contribution in [0.4, 0.5) is 10.1 Å². The van der Waals surface area contributed by atoms with Crippen LogP contribution in [-0.4, -0.2) is 46.6 Å². The van der Waals surface area contributed by atoms with E-state index in [9.17, 15) is 14.0 Å². The molecule has 1 aromatic heterocycles.